The lowest BCUT2D eigenvalue weighted by Gasteiger charge is -2.29. The molecule has 0 saturated carbocycles. The highest BCUT2D eigenvalue weighted by atomic mass is 32.1. The standard InChI is InChI=1S/C21H26N2O2S/c1-16-9-11-18(12-10-16)22-21(26)23(15-19-7-5-13-25-19)14-17-6-3-4-8-20(17)24-2/h3-4,6,8-12,19H,5,7,13-15H2,1-2H3,(H,22,26). The molecule has 1 unspecified atom stereocenters. The number of methoxy groups -OCH3 is 1. The van der Waals surface area contributed by atoms with Gasteiger partial charge in [-0.05, 0) is 50.2 Å². The summed E-state index contributed by atoms with van der Waals surface area (Å²) in [4.78, 5) is 2.17. The van der Waals surface area contributed by atoms with E-state index < -0.39 is 0 Å². The minimum atomic E-state index is 0.225. The number of nitrogens with zero attached hydrogens (tertiary/aromatic N) is 1. The highest BCUT2D eigenvalue weighted by Crippen LogP contribution is 2.22. The van der Waals surface area contributed by atoms with Crippen molar-refractivity contribution in [3.8, 4) is 5.75 Å². The first kappa shape index (κ1) is 18.7. The van der Waals surface area contributed by atoms with Crippen molar-refractivity contribution in [2.24, 2.45) is 0 Å². The fraction of sp³-hybridized carbons (Fsp3) is 0.381. The van der Waals surface area contributed by atoms with Gasteiger partial charge in [-0.15, -0.1) is 0 Å². The minimum Gasteiger partial charge on any atom is -0.496 e. The predicted octanol–water partition coefficient (Wildman–Crippen LogP) is 4.38. The monoisotopic (exact) mass is 370 g/mol. The molecule has 1 saturated heterocycles. The Bertz CT molecular complexity index is 727. The van der Waals surface area contributed by atoms with Gasteiger partial charge in [-0.25, -0.2) is 0 Å². The van der Waals surface area contributed by atoms with Crippen molar-refractivity contribution in [1.29, 1.82) is 0 Å². The summed E-state index contributed by atoms with van der Waals surface area (Å²) < 4.78 is 11.3. The molecular weight excluding hydrogens is 344 g/mol. The second-order valence-electron chi connectivity index (χ2n) is 6.62. The zero-order valence-electron chi connectivity index (χ0n) is 15.4. The molecule has 5 heteroatoms. The number of nitrogens with one attached hydrogen (secondary N) is 1. The third kappa shape index (κ3) is 4.96. The average Bonchev–Trinajstić information content (AvgIpc) is 3.16. The number of rotatable bonds is 6. The van der Waals surface area contributed by atoms with Gasteiger partial charge in [0.2, 0.25) is 0 Å². The summed E-state index contributed by atoms with van der Waals surface area (Å²) in [7, 11) is 1.70. The number of benzene rings is 2. The molecule has 0 aromatic heterocycles. The highest BCUT2D eigenvalue weighted by Gasteiger charge is 2.22. The third-order valence-electron chi connectivity index (χ3n) is 4.59. The Balaban J connectivity index is 1.75. The lowest BCUT2D eigenvalue weighted by atomic mass is 10.1. The summed E-state index contributed by atoms with van der Waals surface area (Å²) in [6.07, 6.45) is 2.42. The Morgan fingerprint density at radius 3 is 2.69 bits per heavy atom. The minimum absolute atomic E-state index is 0.225. The molecule has 1 atom stereocenters. The van der Waals surface area contributed by atoms with E-state index in [9.17, 15) is 0 Å². The molecule has 1 aliphatic heterocycles. The van der Waals surface area contributed by atoms with Crippen LogP contribution in [0.3, 0.4) is 0 Å². The van der Waals surface area contributed by atoms with E-state index in [-0.39, 0.29) is 6.10 Å². The van der Waals surface area contributed by atoms with Gasteiger partial charge in [0.15, 0.2) is 5.11 Å². The first-order valence-electron chi connectivity index (χ1n) is 9.02. The first-order chi connectivity index (χ1) is 12.7. The van der Waals surface area contributed by atoms with E-state index in [0.29, 0.717) is 11.7 Å². The van der Waals surface area contributed by atoms with Crippen molar-refractivity contribution < 1.29 is 9.47 Å². The second-order valence-corrected chi connectivity index (χ2v) is 7.01. The van der Waals surface area contributed by atoms with Gasteiger partial charge in [-0.1, -0.05) is 35.9 Å². The van der Waals surface area contributed by atoms with Crippen LogP contribution in [0.5, 0.6) is 5.75 Å². The van der Waals surface area contributed by atoms with E-state index >= 15 is 0 Å². The lowest BCUT2D eigenvalue weighted by Crippen LogP contribution is -2.39. The average molecular weight is 371 g/mol. The molecule has 0 bridgehead atoms. The molecule has 1 heterocycles. The van der Waals surface area contributed by atoms with Crippen LogP contribution in [-0.2, 0) is 11.3 Å². The van der Waals surface area contributed by atoms with E-state index in [1.165, 1.54) is 5.56 Å². The van der Waals surface area contributed by atoms with Crippen LogP contribution in [0.4, 0.5) is 5.69 Å². The van der Waals surface area contributed by atoms with E-state index in [0.717, 1.165) is 43.0 Å². The fourth-order valence-corrected chi connectivity index (χ4v) is 3.39. The molecule has 1 aliphatic rings. The molecule has 2 aromatic carbocycles. The number of aryl methyl sites for hydroxylation is 1. The SMILES string of the molecule is COc1ccccc1CN(CC1CCCO1)C(=S)Nc1ccc(C)cc1. The van der Waals surface area contributed by atoms with Crippen molar-refractivity contribution in [2.45, 2.75) is 32.4 Å². The number of para-hydroxylation sites is 1. The van der Waals surface area contributed by atoms with E-state index in [1.54, 1.807) is 7.11 Å². The number of thiocarbonyl (C=S) groups is 1. The molecular formula is C21H26N2O2S. The van der Waals surface area contributed by atoms with Crippen molar-refractivity contribution in [1.82, 2.24) is 4.90 Å². The molecule has 4 nitrogen and oxygen atoms in total. The Kier molecular flexibility index (Phi) is 6.47. The smallest absolute Gasteiger partial charge is 0.173 e. The largest absolute Gasteiger partial charge is 0.496 e. The van der Waals surface area contributed by atoms with Gasteiger partial charge in [-0.3, -0.25) is 0 Å². The zero-order valence-corrected chi connectivity index (χ0v) is 16.2. The Labute approximate surface area is 161 Å². The van der Waals surface area contributed by atoms with Gasteiger partial charge in [0.05, 0.1) is 13.2 Å². The molecule has 0 aliphatic carbocycles. The quantitative estimate of drug-likeness (QED) is 0.763. The number of hydrogen-bond acceptors (Lipinski definition) is 3. The van der Waals surface area contributed by atoms with Gasteiger partial charge >= 0.3 is 0 Å². The van der Waals surface area contributed by atoms with Crippen LogP contribution >= 0.6 is 12.2 Å². The Morgan fingerprint density at radius 1 is 1.23 bits per heavy atom. The van der Waals surface area contributed by atoms with Crippen LogP contribution < -0.4 is 10.1 Å². The van der Waals surface area contributed by atoms with Crippen LogP contribution in [0.1, 0.15) is 24.0 Å². The molecule has 1 N–H and O–H groups in total. The summed E-state index contributed by atoms with van der Waals surface area (Å²) in [5.41, 5.74) is 3.34. The third-order valence-corrected chi connectivity index (χ3v) is 4.95. The predicted molar refractivity (Wildman–Crippen MR) is 110 cm³/mol. The van der Waals surface area contributed by atoms with Gasteiger partial charge in [0.25, 0.3) is 0 Å². The van der Waals surface area contributed by atoms with Crippen LogP contribution in [0.25, 0.3) is 0 Å². The van der Waals surface area contributed by atoms with Gasteiger partial charge in [-0.2, -0.15) is 0 Å². The van der Waals surface area contributed by atoms with E-state index in [1.807, 2.05) is 18.2 Å². The fourth-order valence-electron chi connectivity index (χ4n) is 3.13. The molecule has 0 radical (unpaired) electrons. The molecule has 0 amide bonds. The normalized spacial score (nSPS) is 16.3. The van der Waals surface area contributed by atoms with Crippen LogP contribution in [-0.4, -0.2) is 36.4 Å². The van der Waals surface area contributed by atoms with Crippen molar-refractivity contribution in [3.05, 3.63) is 59.7 Å². The van der Waals surface area contributed by atoms with Crippen molar-refractivity contribution in [3.63, 3.8) is 0 Å². The highest BCUT2D eigenvalue weighted by molar-refractivity contribution is 7.80. The summed E-state index contributed by atoms with van der Waals surface area (Å²) in [5.74, 6) is 0.878. The number of anilines is 1. The second kappa shape index (κ2) is 9.01. The van der Waals surface area contributed by atoms with E-state index in [2.05, 4.69) is 47.5 Å². The topological polar surface area (TPSA) is 33.7 Å². The molecule has 0 spiro atoms. The van der Waals surface area contributed by atoms with Crippen LogP contribution in [0.15, 0.2) is 48.5 Å². The number of hydrogen-bond donors (Lipinski definition) is 1. The maximum Gasteiger partial charge on any atom is 0.173 e. The molecule has 2 aromatic rings. The van der Waals surface area contributed by atoms with Gasteiger partial charge in [0, 0.05) is 30.9 Å². The summed E-state index contributed by atoms with van der Waals surface area (Å²) in [6, 6.07) is 16.3. The Hall–Kier alpha value is -2.11. The summed E-state index contributed by atoms with van der Waals surface area (Å²) >= 11 is 5.72. The van der Waals surface area contributed by atoms with Gasteiger partial charge in [0.1, 0.15) is 5.75 Å². The zero-order chi connectivity index (χ0) is 18.4. The van der Waals surface area contributed by atoms with Crippen molar-refractivity contribution in [2.75, 3.05) is 25.6 Å². The maximum absolute atomic E-state index is 5.83. The van der Waals surface area contributed by atoms with Crippen LogP contribution in [0.2, 0.25) is 0 Å². The lowest BCUT2D eigenvalue weighted by molar-refractivity contribution is 0.0903. The number of ether oxygens (including phenoxy) is 2. The Morgan fingerprint density at radius 2 is 2.00 bits per heavy atom. The van der Waals surface area contributed by atoms with Crippen LogP contribution in [0, 0.1) is 6.92 Å². The van der Waals surface area contributed by atoms with E-state index in [4.69, 9.17) is 21.7 Å². The molecule has 3 rings (SSSR count). The first-order valence-corrected chi connectivity index (χ1v) is 9.42. The maximum atomic E-state index is 5.83. The van der Waals surface area contributed by atoms with Crippen molar-refractivity contribution >= 4 is 23.0 Å². The molecule has 138 valence electrons. The molecule has 26 heavy (non-hydrogen) atoms. The summed E-state index contributed by atoms with van der Waals surface area (Å²) in [6.45, 7) is 4.37. The van der Waals surface area contributed by atoms with Gasteiger partial charge < -0.3 is 19.7 Å². The summed E-state index contributed by atoms with van der Waals surface area (Å²) in [5, 5.41) is 4.07. The molecule has 1 fully saturated rings.